The number of para-hydroxylation sites is 1. The van der Waals surface area contributed by atoms with Gasteiger partial charge in [0.25, 0.3) is 0 Å². The molecule has 2 aromatic carbocycles. The number of benzene rings is 2. The molecule has 2 rings (SSSR count). The van der Waals surface area contributed by atoms with Crippen LogP contribution in [0.25, 0.3) is 0 Å². The summed E-state index contributed by atoms with van der Waals surface area (Å²) < 4.78 is 11.0. The first-order valence-electron chi connectivity index (χ1n) is 8.03. The zero-order chi connectivity index (χ0) is 18.6. The first-order valence-corrected chi connectivity index (χ1v) is 8.41. The van der Waals surface area contributed by atoms with Gasteiger partial charge >= 0.3 is 5.97 Å². The average molecular weight is 363 g/mol. The Balaban J connectivity index is 2.26. The maximum atomic E-state index is 11.7. The molecule has 0 heterocycles. The van der Waals surface area contributed by atoms with Crippen LogP contribution in [0.3, 0.4) is 0 Å². The van der Waals surface area contributed by atoms with Crippen molar-refractivity contribution >= 4 is 17.6 Å². The van der Waals surface area contributed by atoms with Gasteiger partial charge in [0.15, 0.2) is 6.10 Å². The molecule has 0 amide bonds. The summed E-state index contributed by atoms with van der Waals surface area (Å²) in [5.41, 5.74) is 1.59. The lowest BCUT2D eigenvalue weighted by molar-refractivity contribution is -0.145. The molecule has 134 valence electrons. The molecule has 0 saturated carbocycles. The first-order chi connectivity index (χ1) is 11.7. The number of ether oxygens (including phenoxy) is 2. The SMILES string of the molecule is COc1ccc(CC(Oc2ccccc2C(C)(C)C)C(=O)O)cc1Cl. The van der Waals surface area contributed by atoms with Gasteiger partial charge in [-0.25, -0.2) is 4.79 Å². The van der Waals surface area contributed by atoms with Crippen LogP contribution in [-0.2, 0) is 16.6 Å². The molecule has 0 aromatic heterocycles. The van der Waals surface area contributed by atoms with Gasteiger partial charge in [-0.3, -0.25) is 0 Å². The molecule has 0 saturated heterocycles. The molecule has 0 spiro atoms. The normalized spacial score (nSPS) is 12.5. The van der Waals surface area contributed by atoms with Crippen LogP contribution in [0.1, 0.15) is 31.9 Å². The molecular formula is C20H23ClO4. The quantitative estimate of drug-likeness (QED) is 0.807. The van der Waals surface area contributed by atoms with Crippen molar-refractivity contribution in [1.29, 1.82) is 0 Å². The fourth-order valence-electron chi connectivity index (χ4n) is 2.57. The predicted octanol–water partition coefficient (Wildman–Crippen LogP) is 4.72. The van der Waals surface area contributed by atoms with Gasteiger partial charge in [-0.15, -0.1) is 0 Å². The van der Waals surface area contributed by atoms with Crippen LogP contribution in [0, 0.1) is 0 Å². The number of aliphatic carboxylic acids is 1. The Bertz CT molecular complexity index is 750. The Hall–Kier alpha value is -2.20. The zero-order valence-electron chi connectivity index (χ0n) is 14.9. The number of hydrogen-bond acceptors (Lipinski definition) is 3. The molecule has 1 atom stereocenters. The maximum absolute atomic E-state index is 11.7. The highest BCUT2D eigenvalue weighted by Gasteiger charge is 2.25. The summed E-state index contributed by atoms with van der Waals surface area (Å²) in [5.74, 6) is 0.119. The number of rotatable bonds is 6. The molecular weight excluding hydrogens is 340 g/mol. The van der Waals surface area contributed by atoms with Gasteiger partial charge in [-0.1, -0.05) is 56.6 Å². The van der Waals surface area contributed by atoms with Gasteiger partial charge in [-0.05, 0) is 34.7 Å². The summed E-state index contributed by atoms with van der Waals surface area (Å²) in [5, 5.41) is 10.0. The Morgan fingerprint density at radius 1 is 1.16 bits per heavy atom. The highest BCUT2D eigenvalue weighted by molar-refractivity contribution is 6.32. The highest BCUT2D eigenvalue weighted by Crippen LogP contribution is 2.32. The standard InChI is InChI=1S/C20H23ClO4/c1-20(2,3)14-7-5-6-8-16(14)25-18(19(22)23)12-13-9-10-17(24-4)15(21)11-13/h5-11,18H,12H2,1-4H3,(H,22,23). The molecule has 0 bridgehead atoms. The van der Waals surface area contributed by atoms with Gasteiger partial charge in [0.1, 0.15) is 11.5 Å². The Kier molecular flexibility index (Phi) is 5.96. The molecule has 0 aliphatic rings. The van der Waals surface area contributed by atoms with E-state index in [-0.39, 0.29) is 11.8 Å². The molecule has 0 aliphatic heterocycles. The van der Waals surface area contributed by atoms with Gasteiger partial charge in [0.2, 0.25) is 0 Å². The second kappa shape index (κ2) is 7.79. The third-order valence-electron chi connectivity index (χ3n) is 3.88. The summed E-state index contributed by atoms with van der Waals surface area (Å²) in [6.07, 6.45) is -0.801. The minimum Gasteiger partial charge on any atom is -0.495 e. The zero-order valence-corrected chi connectivity index (χ0v) is 15.6. The summed E-state index contributed by atoms with van der Waals surface area (Å²) in [6, 6.07) is 12.7. The van der Waals surface area contributed by atoms with Crippen LogP contribution in [0.15, 0.2) is 42.5 Å². The molecule has 5 heteroatoms. The number of methoxy groups -OCH3 is 1. The van der Waals surface area contributed by atoms with E-state index in [2.05, 4.69) is 20.8 Å². The molecule has 0 fully saturated rings. The molecule has 0 aliphatic carbocycles. The smallest absolute Gasteiger partial charge is 0.345 e. The summed E-state index contributed by atoms with van der Waals surface area (Å²) >= 11 is 6.12. The molecule has 1 N–H and O–H groups in total. The number of carboxylic acids is 1. The summed E-state index contributed by atoms with van der Waals surface area (Å²) in [6.45, 7) is 6.19. The lowest BCUT2D eigenvalue weighted by atomic mass is 9.86. The van der Waals surface area contributed by atoms with E-state index in [4.69, 9.17) is 21.1 Å². The van der Waals surface area contributed by atoms with Gasteiger partial charge in [0, 0.05) is 6.42 Å². The van der Waals surface area contributed by atoms with Crippen molar-refractivity contribution in [2.45, 2.75) is 38.7 Å². The van der Waals surface area contributed by atoms with E-state index in [0.717, 1.165) is 11.1 Å². The van der Waals surface area contributed by atoms with E-state index in [9.17, 15) is 9.90 Å². The maximum Gasteiger partial charge on any atom is 0.345 e. The third kappa shape index (κ3) is 4.89. The lowest BCUT2D eigenvalue weighted by Gasteiger charge is -2.25. The van der Waals surface area contributed by atoms with E-state index >= 15 is 0 Å². The van der Waals surface area contributed by atoms with E-state index in [1.165, 1.54) is 7.11 Å². The topological polar surface area (TPSA) is 55.8 Å². The minimum absolute atomic E-state index is 0.150. The van der Waals surface area contributed by atoms with Crippen molar-refractivity contribution in [3.05, 3.63) is 58.6 Å². The van der Waals surface area contributed by atoms with E-state index in [1.807, 2.05) is 18.2 Å². The molecule has 1 unspecified atom stereocenters. The average Bonchev–Trinajstić information content (AvgIpc) is 2.54. The predicted molar refractivity (Wildman–Crippen MR) is 98.9 cm³/mol. The minimum atomic E-state index is -1.02. The molecule has 0 radical (unpaired) electrons. The van der Waals surface area contributed by atoms with Crippen molar-refractivity contribution in [2.24, 2.45) is 0 Å². The number of hydrogen-bond donors (Lipinski definition) is 1. The Morgan fingerprint density at radius 3 is 2.40 bits per heavy atom. The number of carboxylic acid groups (broad SMARTS) is 1. The van der Waals surface area contributed by atoms with Crippen molar-refractivity contribution in [3.8, 4) is 11.5 Å². The molecule has 2 aromatic rings. The lowest BCUT2D eigenvalue weighted by Crippen LogP contribution is -2.30. The Morgan fingerprint density at radius 2 is 1.84 bits per heavy atom. The van der Waals surface area contributed by atoms with Crippen molar-refractivity contribution < 1.29 is 19.4 Å². The highest BCUT2D eigenvalue weighted by atomic mass is 35.5. The largest absolute Gasteiger partial charge is 0.495 e. The van der Waals surface area contributed by atoms with Crippen LogP contribution < -0.4 is 9.47 Å². The fourth-order valence-corrected chi connectivity index (χ4v) is 2.85. The second-order valence-electron chi connectivity index (χ2n) is 6.86. The van der Waals surface area contributed by atoms with Crippen LogP contribution >= 0.6 is 11.6 Å². The van der Waals surface area contributed by atoms with Crippen molar-refractivity contribution in [3.63, 3.8) is 0 Å². The Labute approximate surface area is 153 Å². The van der Waals surface area contributed by atoms with Gasteiger partial charge < -0.3 is 14.6 Å². The monoisotopic (exact) mass is 362 g/mol. The van der Waals surface area contributed by atoms with Crippen LogP contribution in [-0.4, -0.2) is 24.3 Å². The summed E-state index contributed by atoms with van der Waals surface area (Å²) in [7, 11) is 1.54. The van der Waals surface area contributed by atoms with Crippen molar-refractivity contribution in [1.82, 2.24) is 0 Å². The fraction of sp³-hybridized carbons (Fsp3) is 0.350. The van der Waals surface area contributed by atoms with E-state index < -0.39 is 12.1 Å². The number of carbonyl (C=O) groups is 1. The van der Waals surface area contributed by atoms with Crippen LogP contribution in [0.2, 0.25) is 5.02 Å². The molecule has 4 nitrogen and oxygen atoms in total. The first kappa shape index (κ1) is 19.1. The van der Waals surface area contributed by atoms with E-state index in [1.54, 1.807) is 24.3 Å². The van der Waals surface area contributed by atoms with Gasteiger partial charge in [-0.2, -0.15) is 0 Å². The number of halogens is 1. The second-order valence-corrected chi connectivity index (χ2v) is 7.27. The molecule has 25 heavy (non-hydrogen) atoms. The third-order valence-corrected chi connectivity index (χ3v) is 4.17. The summed E-state index contributed by atoms with van der Waals surface area (Å²) in [4.78, 5) is 11.7. The van der Waals surface area contributed by atoms with Gasteiger partial charge in [0.05, 0.1) is 12.1 Å². The van der Waals surface area contributed by atoms with Crippen LogP contribution in [0.5, 0.6) is 11.5 Å². The van der Waals surface area contributed by atoms with Crippen LogP contribution in [0.4, 0.5) is 0 Å². The van der Waals surface area contributed by atoms with Crippen molar-refractivity contribution in [2.75, 3.05) is 7.11 Å². The van der Waals surface area contributed by atoms with E-state index in [0.29, 0.717) is 16.5 Å².